The highest BCUT2D eigenvalue weighted by atomic mass is 32.1. The molecular formula is C14H10N2O3S. The number of thiophene rings is 1. The zero-order valence-corrected chi connectivity index (χ0v) is 11.4. The molecule has 3 rings (SSSR count). The first-order chi connectivity index (χ1) is 9.59. The number of aryl methyl sites for hydroxylation is 1. The summed E-state index contributed by atoms with van der Waals surface area (Å²) in [5.41, 5.74) is 2.35. The van der Waals surface area contributed by atoms with Gasteiger partial charge >= 0.3 is 0 Å². The molecule has 1 N–H and O–H groups in total. The second-order valence-corrected chi connectivity index (χ2v) is 5.20. The molecule has 0 amide bonds. The number of carbonyl (C=O) groups excluding carboxylic acids is 1. The van der Waals surface area contributed by atoms with Crippen LogP contribution in [0.15, 0.2) is 35.2 Å². The zero-order chi connectivity index (χ0) is 14.3. The van der Waals surface area contributed by atoms with Crippen LogP contribution in [0.4, 0.5) is 5.69 Å². The van der Waals surface area contributed by atoms with Gasteiger partial charge in [0, 0.05) is 23.2 Å². The van der Waals surface area contributed by atoms with Crippen LogP contribution in [0.5, 0.6) is 0 Å². The van der Waals surface area contributed by atoms with E-state index in [1.807, 2.05) is 12.3 Å². The van der Waals surface area contributed by atoms with Gasteiger partial charge in [-0.15, -0.1) is 0 Å². The lowest BCUT2D eigenvalue weighted by Crippen LogP contribution is -2.01. The van der Waals surface area contributed by atoms with Gasteiger partial charge in [0.05, 0.1) is 21.4 Å². The summed E-state index contributed by atoms with van der Waals surface area (Å²) in [4.78, 5) is 26.1. The Morgan fingerprint density at radius 2 is 2.10 bits per heavy atom. The molecule has 6 heteroatoms. The molecule has 0 unspecified atom stereocenters. The van der Waals surface area contributed by atoms with E-state index in [9.17, 15) is 14.9 Å². The third kappa shape index (κ3) is 1.81. The van der Waals surface area contributed by atoms with E-state index in [4.69, 9.17) is 0 Å². The number of aromatic nitrogens is 1. The Kier molecular flexibility index (Phi) is 2.87. The maximum atomic E-state index is 12.5. The third-order valence-electron chi connectivity index (χ3n) is 3.23. The second-order valence-electron chi connectivity index (χ2n) is 4.46. The molecule has 0 aliphatic heterocycles. The highest BCUT2D eigenvalue weighted by Gasteiger charge is 2.22. The first-order valence-corrected chi connectivity index (χ1v) is 6.86. The minimum Gasteiger partial charge on any atom is -0.360 e. The van der Waals surface area contributed by atoms with E-state index in [-0.39, 0.29) is 11.5 Å². The summed E-state index contributed by atoms with van der Waals surface area (Å²) < 4.78 is 0. The summed E-state index contributed by atoms with van der Waals surface area (Å²) in [7, 11) is 0. The number of nitrogens with zero attached hydrogens (tertiary/aromatic N) is 1. The quantitative estimate of drug-likeness (QED) is 0.453. The molecule has 0 fully saturated rings. The van der Waals surface area contributed by atoms with Crippen molar-refractivity contribution in [2.24, 2.45) is 0 Å². The van der Waals surface area contributed by atoms with Crippen molar-refractivity contribution in [3.63, 3.8) is 0 Å². The van der Waals surface area contributed by atoms with Gasteiger partial charge in [0.1, 0.15) is 0 Å². The molecule has 0 saturated carbocycles. The largest absolute Gasteiger partial charge is 0.360 e. The number of nitro benzene ring substituents is 1. The SMILES string of the molecule is Cc1cscc1C(=O)c1c[nH]c2cccc([N+](=O)[O-])c12. The van der Waals surface area contributed by atoms with Gasteiger partial charge in [-0.05, 0) is 23.9 Å². The van der Waals surface area contributed by atoms with Gasteiger partial charge in [-0.3, -0.25) is 14.9 Å². The number of hydrogen-bond acceptors (Lipinski definition) is 4. The van der Waals surface area contributed by atoms with Crippen molar-refractivity contribution in [2.45, 2.75) is 6.92 Å². The van der Waals surface area contributed by atoms with Gasteiger partial charge in [-0.2, -0.15) is 11.3 Å². The minimum absolute atomic E-state index is 0.0556. The van der Waals surface area contributed by atoms with Crippen LogP contribution in [0.2, 0.25) is 0 Å². The lowest BCUT2D eigenvalue weighted by atomic mass is 10.0. The van der Waals surface area contributed by atoms with E-state index < -0.39 is 4.92 Å². The van der Waals surface area contributed by atoms with Gasteiger partial charge in [0.2, 0.25) is 0 Å². The van der Waals surface area contributed by atoms with Crippen LogP contribution in [0.25, 0.3) is 10.9 Å². The number of nitrogens with one attached hydrogen (secondary N) is 1. The van der Waals surface area contributed by atoms with Crippen molar-refractivity contribution in [1.29, 1.82) is 0 Å². The second kappa shape index (κ2) is 4.57. The molecule has 0 radical (unpaired) electrons. The van der Waals surface area contributed by atoms with Crippen molar-refractivity contribution < 1.29 is 9.72 Å². The number of benzene rings is 1. The van der Waals surface area contributed by atoms with Crippen molar-refractivity contribution in [3.05, 3.63) is 62.0 Å². The first kappa shape index (κ1) is 12.6. The zero-order valence-electron chi connectivity index (χ0n) is 10.5. The molecule has 0 aliphatic carbocycles. The Balaban J connectivity index is 2.25. The van der Waals surface area contributed by atoms with E-state index in [2.05, 4.69) is 4.98 Å². The summed E-state index contributed by atoms with van der Waals surface area (Å²) in [6, 6.07) is 4.73. The number of non-ortho nitro benzene ring substituents is 1. The van der Waals surface area contributed by atoms with Crippen molar-refractivity contribution in [2.75, 3.05) is 0 Å². The predicted molar refractivity (Wildman–Crippen MR) is 77.4 cm³/mol. The lowest BCUT2D eigenvalue weighted by molar-refractivity contribution is -0.383. The Hall–Kier alpha value is -2.47. The fourth-order valence-corrected chi connectivity index (χ4v) is 3.06. The van der Waals surface area contributed by atoms with Crippen LogP contribution in [-0.2, 0) is 0 Å². The Morgan fingerprint density at radius 3 is 2.75 bits per heavy atom. The summed E-state index contributed by atoms with van der Waals surface area (Å²) in [6.07, 6.45) is 1.54. The average molecular weight is 286 g/mol. The monoisotopic (exact) mass is 286 g/mol. The average Bonchev–Trinajstić information content (AvgIpc) is 3.03. The van der Waals surface area contributed by atoms with Gasteiger partial charge in [0.15, 0.2) is 5.78 Å². The molecular weight excluding hydrogens is 276 g/mol. The highest BCUT2D eigenvalue weighted by Crippen LogP contribution is 2.30. The Morgan fingerprint density at radius 1 is 1.30 bits per heavy atom. The minimum atomic E-state index is -0.465. The predicted octanol–water partition coefficient (Wildman–Crippen LogP) is 3.68. The fraction of sp³-hybridized carbons (Fsp3) is 0.0714. The smallest absolute Gasteiger partial charge is 0.279 e. The van der Waals surface area contributed by atoms with Crippen LogP contribution < -0.4 is 0 Å². The standard InChI is InChI=1S/C14H10N2O3S/c1-8-6-20-7-10(8)14(17)9-5-15-11-3-2-4-12(13(9)11)16(18)19/h2-7,15H,1H3. The van der Waals surface area contributed by atoms with Gasteiger partial charge < -0.3 is 4.98 Å². The van der Waals surface area contributed by atoms with Crippen molar-refractivity contribution >= 4 is 33.7 Å². The van der Waals surface area contributed by atoms with Gasteiger partial charge in [-0.1, -0.05) is 6.07 Å². The fourth-order valence-electron chi connectivity index (χ4n) is 2.24. The molecule has 2 heterocycles. The van der Waals surface area contributed by atoms with E-state index in [0.29, 0.717) is 22.0 Å². The first-order valence-electron chi connectivity index (χ1n) is 5.91. The molecule has 5 nitrogen and oxygen atoms in total. The number of carbonyl (C=O) groups is 1. The normalized spacial score (nSPS) is 10.8. The Bertz CT molecular complexity index is 832. The molecule has 0 spiro atoms. The molecule has 0 bridgehead atoms. The van der Waals surface area contributed by atoms with Crippen LogP contribution in [-0.4, -0.2) is 15.7 Å². The molecule has 0 saturated heterocycles. The molecule has 100 valence electrons. The van der Waals surface area contributed by atoms with Crippen LogP contribution in [0.1, 0.15) is 21.5 Å². The summed E-state index contributed by atoms with van der Waals surface area (Å²) in [5, 5.41) is 15.1. The molecule has 20 heavy (non-hydrogen) atoms. The van der Waals surface area contributed by atoms with Gasteiger partial charge in [-0.25, -0.2) is 0 Å². The molecule has 2 aromatic heterocycles. The number of nitro groups is 1. The number of hydrogen-bond donors (Lipinski definition) is 1. The number of rotatable bonds is 3. The van der Waals surface area contributed by atoms with E-state index in [1.54, 1.807) is 17.5 Å². The highest BCUT2D eigenvalue weighted by molar-refractivity contribution is 7.08. The van der Waals surface area contributed by atoms with Crippen LogP contribution in [0, 0.1) is 17.0 Å². The molecule has 0 atom stereocenters. The van der Waals surface area contributed by atoms with Gasteiger partial charge in [0.25, 0.3) is 5.69 Å². The topological polar surface area (TPSA) is 76.0 Å². The molecule has 3 aromatic rings. The number of ketones is 1. The third-order valence-corrected chi connectivity index (χ3v) is 4.09. The lowest BCUT2D eigenvalue weighted by Gasteiger charge is -2.00. The number of aromatic amines is 1. The summed E-state index contributed by atoms with van der Waals surface area (Å²) in [6.45, 7) is 1.85. The Labute approximate surface area is 118 Å². The van der Waals surface area contributed by atoms with Crippen LogP contribution >= 0.6 is 11.3 Å². The van der Waals surface area contributed by atoms with Crippen molar-refractivity contribution in [1.82, 2.24) is 4.98 Å². The summed E-state index contributed by atoms with van der Waals surface area (Å²) in [5.74, 6) is -0.190. The number of fused-ring (bicyclic) bond motifs is 1. The van der Waals surface area contributed by atoms with E-state index >= 15 is 0 Å². The maximum absolute atomic E-state index is 12.5. The van der Waals surface area contributed by atoms with Crippen molar-refractivity contribution in [3.8, 4) is 0 Å². The summed E-state index contributed by atoms with van der Waals surface area (Å²) >= 11 is 1.44. The molecule has 0 aliphatic rings. The number of H-pyrrole nitrogens is 1. The van der Waals surface area contributed by atoms with E-state index in [0.717, 1.165) is 5.56 Å². The van der Waals surface area contributed by atoms with E-state index in [1.165, 1.54) is 23.6 Å². The molecule has 1 aromatic carbocycles. The maximum Gasteiger partial charge on any atom is 0.279 e. The van der Waals surface area contributed by atoms with Crippen LogP contribution in [0.3, 0.4) is 0 Å².